The molecule has 4 heteroatoms. The minimum Gasteiger partial charge on any atom is -0.494 e. The van der Waals surface area contributed by atoms with Gasteiger partial charge in [0.1, 0.15) is 5.75 Å². The summed E-state index contributed by atoms with van der Waals surface area (Å²) in [5.74, 6) is 1.25. The smallest absolute Gasteiger partial charge is 0.119 e. The second kappa shape index (κ2) is 8.37. The molecule has 0 aromatic heterocycles. The molecule has 4 N–H and O–H groups in total. The lowest BCUT2D eigenvalue weighted by Gasteiger charge is -2.34. The molecule has 0 amide bonds. The summed E-state index contributed by atoms with van der Waals surface area (Å²) >= 11 is 0. The first-order chi connectivity index (χ1) is 10.3. The molecule has 3 atom stereocenters. The molecule has 0 saturated heterocycles. The Morgan fingerprint density at radius 3 is 2.62 bits per heavy atom. The molecule has 0 aliphatic heterocycles. The van der Waals surface area contributed by atoms with Gasteiger partial charge in [-0.05, 0) is 43.4 Å². The lowest BCUT2D eigenvalue weighted by Crippen LogP contribution is -2.44. The summed E-state index contributed by atoms with van der Waals surface area (Å²) in [6, 6.07) is 8.64. The summed E-state index contributed by atoms with van der Waals surface area (Å²) in [4.78, 5) is 0. The van der Waals surface area contributed by atoms with Crippen LogP contribution in [0.2, 0.25) is 0 Å². The third-order valence-corrected chi connectivity index (χ3v) is 4.39. The Balaban J connectivity index is 2.01. The molecule has 1 aromatic rings. The van der Waals surface area contributed by atoms with Crippen molar-refractivity contribution in [2.75, 3.05) is 19.8 Å². The Morgan fingerprint density at radius 1 is 1.29 bits per heavy atom. The highest BCUT2D eigenvalue weighted by atomic mass is 16.5. The van der Waals surface area contributed by atoms with Crippen LogP contribution in [-0.2, 0) is 0 Å². The van der Waals surface area contributed by atoms with Gasteiger partial charge in [-0.15, -0.1) is 0 Å². The highest BCUT2D eigenvalue weighted by Gasteiger charge is 2.26. The standard InChI is InChI=1S/C17H28N2O2/c1-2-21-15-9-7-13(8-10-15)17(11-18)19-16-6-4-3-5-14(16)12-20/h7-10,14,16-17,19-20H,2-6,11-12,18H2,1H3. The number of hydrogen-bond acceptors (Lipinski definition) is 4. The monoisotopic (exact) mass is 292 g/mol. The molecule has 1 aliphatic carbocycles. The van der Waals surface area contributed by atoms with Crippen LogP contribution in [0.5, 0.6) is 5.75 Å². The summed E-state index contributed by atoms with van der Waals surface area (Å²) in [5, 5.41) is 13.2. The molecule has 2 rings (SSSR count). The predicted molar refractivity (Wildman–Crippen MR) is 85.4 cm³/mol. The maximum atomic E-state index is 9.53. The van der Waals surface area contributed by atoms with Crippen molar-refractivity contribution in [3.05, 3.63) is 29.8 Å². The number of benzene rings is 1. The predicted octanol–water partition coefficient (Wildman–Crippen LogP) is 2.23. The second-order valence-electron chi connectivity index (χ2n) is 5.79. The van der Waals surface area contributed by atoms with Gasteiger partial charge in [-0.1, -0.05) is 25.0 Å². The molecule has 0 spiro atoms. The Kier molecular flexibility index (Phi) is 6.49. The van der Waals surface area contributed by atoms with Gasteiger partial charge in [0.25, 0.3) is 0 Å². The first kappa shape index (κ1) is 16.3. The maximum Gasteiger partial charge on any atom is 0.119 e. The number of ether oxygens (including phenoxy) is 1. The van der Waals surface area contributed by atoms with Crippen molar-refractivity contribution in [2.24, 2.45) is 11.7 Å². The van der Waals surface area contributed by atoms with E-state index < -0.39 is 0 Å². The van der Waals surface area contributed by atoms with Crippen molar-refractivity contribution in [2.45, 2.75) is 44.7 Å². The molecule has 1 saturated carbocycles. The average molecular weight is 292 g/mol. The van der Waals surface area contributed by atoms with Crippen LogP contribution in [0, 0.1) is 5.92 Å². The Morgan fingerprint density at radius 2 is 2.00 bits per heavy atom. The van der Waals surface area contributed by atoms with E-state index in [1.54, 1.807) is 0 Å². The average Bonchev–Trinajstić information content (AvgIpc) is 2.54. The van der Waals surface area contributed by atoms with Crippen LogP contribution in [0.4, 0.5) is 0 Å². The van der Waals surface area contributed by atoms with Gasteiger partial charge in [-0.2, -0.15) is 0 Å². The molecule has 4 nitrogen and oxygen atoms in total. The molecule has 1 fully saturated rings. The molecule has 0 radical (unpaired) electrons. The second-order valence-corrected chi connectivity index (χ2v) is 5.79. The number of aliphatic hydroxyl groups is 1. The molecule has 0 bridgehead atoms. The van der Waals surface area contributed by atoms with Gasteiger partial charge in [0.15, 0.2) is 0 Å². The number of nitrogens with two attached hydrogens (primary N) is 1. The van der Waals surface area contributed by atoms with Crippen LogP contribution < -0.4 is 15.8 Å². The third-order valence-electron chi connectivity index (χ3n) is 4.39. The van der Waals surface area contributed by atoms with Crippen molar-refractivity contribution >= 4 is 0 Å². The summed E-state index contributed by atoms with van der Waals surface area (Å²) in [7, 11) is 0. The van der Waals surface area contributed by atoms with Gasteiger partial charge >= 0.3 is 0 Å². The normalized spacial score (nSPS) is 23.8. The summed E-state index contributed by atoms with van der Waals surface area (Å²) in [6.45, 7) is 3.48. The van der Waals surface area contributed by atoms with Crippen molar-refractivity contribution in [1.82, 2.24) is 5.32 Å². The topological polar surface area (TPSA) is 67.5 Å². The van der Waals surface area contributed by atoms with Crippen LogP contribution in [0.1, 0.15) is 44.2 Å². The maximum absolute atomic E-state index is 9.53. The highest BCUT2D eigenvalue weighted by molar-refractivity contribution is 5.29. The lowest BCUT2D eigenvalue weighted by molar-refractivity contribution is 0.146. The Hall–Kier alpha value is -1.10. The van der Waals surface area contributed by atoms with Crippen LogP contribution in [0.15, 0.2) is 24.3 Å². The lowest BCUT2D eigenvalue weighted by atomic mass is 9.84. The van der Waals surface area contributed by atoms with Crippen LogP contribution in [0.25, 0.3) is 0 Å². The minimum atomic E-state index is 0.137. The molecule has 21 heavy (non-hydrogen) atoms. The quantitative estimate of drug-likeness (QED) is 0.721. The van der Waals surface area contributed by atoms with Gasteiger partial charge < -0.3 is 20.9 Å². The van der Waals surface area contributed by atoms with Crippen molar-refractivity contribution in [1.29, 1.82) is 0 Å². The van der Waals surface area contributed by atoms with E-state index in [2.05, 4.69) is 17.4 Å². The number of rotatable bonds is 7. The van der Waals surface area contributed by atoms with E-state index in [0.29, 0.717) is 25.1 Å². The fourth-order valence-corrected chi connectivity index (χ4v) is 3.17. The first-order valence-corrected chi connectivity index (χ1v) is 8.08. The van der Waals surface area contributed by atoms with Crippen molar-refractivity contribution < 1.29 is 9.84 Å². The molecule has 1 aliphatic rings. The summed E-state index contributed by atoms with van der Waals surface area (Å²) < 4.78 is 5.47. The Bertz CT molecular complexity index is 408. The third kappa shape index (κ3) is 4.43. The molecular weight excluding hydrogens is 264 g/mol. The first-order valence-electron chi connectivity index (χ1n) is 8.08. The molecule has 118 valence electrons. The largest absolute Gasteiger partial charge is 0.494 e. The zero-order valence-corrected chi connectivity index (χ0v) is 12.9. The van der Waals surface area contributed by atoms with Gasteiger partial charge in [0.05, 0.1) is 6.61 Å². The zero-order valence-electron chi connectivity index (χ0n) is 12.9. The molecule has 0 heterocycles. The van der Waals surface area contributed by atoms with E-state index in [9.17, 15) is 5.11 Å². The number of hydrogen-bond donors (Lipinski definition) is 3. The SMILES string of the molecule is CCOc1ccc(C(CN)NC2CCCCC2CO)cc1. The molecule has 3 unspecified atom stereocenters. The van der Waals surface area contributed by atoms with E-state index in [1.807, 2.05) is 19.1 Å². The number of aliphatic hydroxyl groups excluding tert-OH is 1. The van der Waals surface area contributed by atoms with Crippen LogP contribution in [-0.4, -0.2) is 30.9 Å². The van der Waals surface area contributed by atoms with Crippen LogP contribution >= 0.6 is 0 Å². The van der Waals surface area contributed by atoms with E-state index in [1.165, 1.54) is 18.4 Å². The Labute approximate surface area is 127 Å². The zero-order chi connectivity index (χ0) is 15.1. The van der Waals surface area contributed by atoms with Gasteiger partial charge in [-0.25, -0.2) is 0 Å². The number of nitrogens with one attached hydrogen (secondary N) is 1. The summed E-state index contributed by atoms with van der Waals surface area (Å²) in [6.07, 6.45) is 4.68. The summed E-state index contributed by atoms with van der Waals surface area (Å²) in [5.41, 5.74) is 7.13. The van der Waals surface area contributed by atoms with Crippen molar-refractivity contribution in [3.63, 3.8) is 0 Å². The van der Waals surface area contributed by atoms with Crippen molar-refractivity contribution in [3.8, 4) is 5.75 Å². The van der Waals surface area contributed by atoms with E-state index in [4.69, 9.17) is 10.5 Å². The highest BCUT2D eigenvalue weighted by Crippen LogP contribution is 2.27. The van der Waals surface area contributed by atoms with E-state index in [0.717, 1.165) is 18.6 Å². The van der Waals surface area contributed by atoms with Gasteiger partial charge in [-0.3, -0.25) is 0 Å². The fourth-order valence-electron chi connectivity index (χ4n) is 3.17. The van der Waals surface area contributed by atoms with Crippen LogP contribution in [0.3, 0.4) is 0 Å². The van der Waals surface area contributed by atoms with E-state index in [-0.39, 0.29) is 12.6 Å². The minimum absolute atomic E-state index is 0.137. The van der Waals surface area contributed by atoms with Gasteiger partial charge in [0, 0.05) is 25.2 Å². The van der Waals surface area contributed by atoms with Gasteiger partial charge in [0.2, 0.25) is 0 Å². The molecular formula is C17H28N2O2. The van der Waals surface area contributed by atoms with E-state index >= 15 is 0 Å². The fraction of sp³-hybridized carbons (Fsp3) is 0.647. The molecule has 1 aromatic carbocycles.